The van der Waals surface area contributed by atoms with Gasteiger partial charge in [0.15, 0.2) is 0 Å². The summed E-state index contributed by atoms with van der Waals surface area (Å²) in [5.41, 5.74) is -1.23. The van der Waals surface area contributed by atoms with Crippen LogP contribution in [0.5, 0.6) is 0 Å². The van der Waals surface area contributed by atoms with Crippen LogP contribution in [-0.2, 0) is 18.8 Å². The highest BCUT2D eigenvalue weighted by atomic mass is 32.1. The minimum absolute atomic E-state index is 0.160. The van der Waals surface area contributed by atoms with Gasteiger partial charge in [-0.15, -0.1) is 11.3 Å². The Morgan fingerprint density at radius 1 is 1.22 bits per heavy atom. The van der Waals surface area contributed by atoms with E-state index in [4.69, 9.17) is 18.8 Å². The summed E-state index contributed by atoms with van der Waals surface area (Å²) in [6.07, 6.45) is -0.453. The predicted molar refractivity (Wildman–Crippen MR) is 107 cm³/mol. The Bertz CT molecular complexity index is 681. The summed E-state index contributed by atoms with van der Waals surface area (Å²) < 4.78 is 24.7. The third kappa shape index (κ3) is 4.50. The van der Waals surface area contributed by atoms with Gasteiger partial charge in [0.25, 0.3) is 0 Å². The standard InChI is InChI=1S/C19H30BNO5S/c1-17(2,3)24-16(22)21-10-11-23-13(12-21)14-8-9-15(27-14)20-25-18(4,5)19(6,7)26-20/h8-9,13H,10-12H2,1-7H3. The molecule has 2 aliphatic heterocycles. The van der Waals surface area contributed by atoms with Crippen LogP contribution in [0, 0.1) is 0 Å². The molecule has 2 fully saturated rings. The molecule has 1 aromatic heterocycles. The minimum atomic E-state index is -0.502. The van der Waals surface area contributed by atoms with Crippen LogP contribution in [-0.4, -0.2) is 54.6 Å². The second kappa shape index (κ2) is 7.06. The highest BCUT2D eigenvalue weighted by molar-refractivity contribution is 7.22. The van der Waals surface area contributed by atoms with Crippen molar-refractivity contribution in [3.8, 4) is 0 Å². The molecule has 8 heteroatoms. The maximum atomic E-state index is 12.4. The molecule has 0 aliphatic carbocycles. The van der Waals surface area contributed by atoms with Crippen molar-refractivity contribution in [2.45, 2.75) is 71.4 Å². The molecule has 0 saturated carbocycles. The average molecular weight is 395 g/mol. The van der Waals surface area contributed by atoms with Crippen molar-refractivity contribution in [3.63, 3.8) is 0 Å². The van der Waals surface area contributed by atoms with Crippen molar-refractivity contribution in [1.82, 2.24) is 4.90 Å². The third-order valence-electron chi connectivity index (χ3n) is 5.17. The quantitative estimate of drug-likeness (QED) is 0.719. The number of carbonyl (C=O) groups is 1. The number of nitrogens with zero attached hydrogens (tertiary/aromatic N) is 1. The predicted octanol–water partition coefficient (Wildman–Crippen LogP) is 3.36. The fourth-order valence-corrected chi connectivity index (χ4v) is 3.95. The summed E-state index contributed by atoms with van der Waals surface area (Å²) in [5, 5.41) is 0. The van der Waals surface area contributed by atoms with E-state index in [0.717, 1.165) is 9.65 Å². The second-order valence-corrected chi connectivity index (χ2v) is 10.3. The van der Waals surface area contributed by atoms with Crippen LogP contribution in [0.2, 0.25) is 0 Å². The van der Waals surface area contributed by atoms with Crippen molar-refractivity contribution in [2.24, 2.45) is 0 Å². The maximum Gasteiger partial charge on any atom is 0.505 e. The molecule has 0 aromatic carbocycles. The first-order valence-corrected chi connectivity index (χ1v) is 10.2. The molecule has 1 amide bonds. The van der Waals surface area contributed by atoms with E-state index in [1.54, 1.807) is 16.2 Å². The molecule has 1 aromatic rings. The summed E-state index contributed by atoms with van der Waals surface area (Å²) >= 11 is 1.61. The van der Waals surface area contributed by atoms with Crippen molar-refractivity contribution in [2.75, 3.05) is 19.7 Å². The fourth-order valence-electron chi connectivity index (χ4n) is 2.94. The Hall–Kier alpha value is -1.09. The lowest BCUT2D eigenvalue weighted by atomic mass is 9.88. The van der Waals surface area contributed by atoms with Crippen molar-refractivity contribution in [1.29, 1.82) is 0 Å². The van der Waals surface area contributed by atoms with Crippen molar-refractivity contribution < 1.29 is 23.6 Å². The molecule has 0 N–H and O–H groups in total. The minimum Gasteiger partial charge on any atom is -0.444 e. The third-order valence-corrected chi connectivity index (χ3v) is 6.37. The van der Waals surface area contributed by atoms with Gasteiger partial charge in [0, 0.05) is 16.2 Å². The SMILES string of the molecule is CC(C)(C)OC(=O)N1CCOC(c2ccc(B3OC(C)(C)C(C)(C)O3)s2)C1. The summed E-state index contributed by atoms with van der Waals surface area (Å²) in [7, 11) is -0.376. The topological polar surface area (TPSA) is 57.2 Å². The number of hydrogen-bond acceptors (Lipinski definition) is 6. The van der Waals surface area contributed by atoms with Gasteiger partial charge in [-0.1, -0.05) is 6.07 Å². The Morgan fingerprint density at radius 3 is 2.44 bits per heavy atom. The molecule has 0 radical (unpaired) electrons. The van der Waals surface area contributed by atoms with Gasteiger partial charge < -0.3 is 23.7 Å². The van der Waals surface area contributed by atoms with Crippen LogP contribution in [0.1, 0.15) is 59.4 Å². The molecule has 0 spiro atoms. The zero-order chi connectivity index (χ0) is 20.0. The maximum absolute atomic E-state index is 12.4. The van der Waals surface area contributed by atoms with Gasteiger partial charge in [-0.25, -0.2) is 4.79 Å². The lowest BCUT2D eigenvalue weighted by molar-refractivity contribution is -0.0420. The number of hydrogen-bond donors (Lipinski definition) is 0. The Balaban J connectivity index is 1.67. The van der Waals surface area contributed by atoms with E-state index in [1.165, 1.54) is 0 Å². The largest absolute Gasteiger partial charge is 0.505 e. The van der Waals surface area contributed by atoms with Gasteiger partial charge >= 0.3 is 13.2 Å². The lowest BCUT2D eigenvalue weighted by Crippen LogP contribution is -2.44. The zero-order valence-electron chi connectivity index (χ0n) is 17.3. The first-order chi connectivity index (χ1) is 12.4. The van der Waals surface area contributed by atoms with E-state index >= 15 is 0 Å². The summed E-state index contributed by atoms with van der Waals surface area (Å²) in [6, 6.07) is 4.06. The summed E-state index contributed by atoms with van der Waals surface area (Å²) in [6.45, 7) is 15.3. The molecule has 3 rings (SSSR count). The number of carbonyl (C=O) groups excluding carboxylic acids is 1. The lowest BCUT2D eigenvalue weighted by Gasteiger charge is -2.33. The molecular formula is C19H30BNO5S. The van der Waals surface area contributed by atoms with E-state index < -0.39 is 5.60 Å². The second-order valence-electron chi connectivity index (χ2n) is 9.11. The number of rotatable bonds is 2. The van der Waals surface area contributed by atoms with Gasteiger partial charge in [0.1, 0.15) is 11.7 Å². The molecule has 2 aliphatic rings. The van der Waals surface area contributed by atoms with E-state index in [0.29, 0.717) is 19.7 Å². The van der Waals surface area contributed by atoms with E-state index in [-0.39, 0.29) is 30.5 Å². The summed E-state index contributed by atoms with van der Waals surface area (Å²) in [5.74, 6) is 0. The van der Waals surface area contributed by atoms with Crippen molar-refractivity contribution >= 4 is 29.3 Å². The number of amides is 1. The molecule has 2 saturated heterocycles. The molecule has 27 heavy (non-hydrogen) atoms. The van der Waals surface area contributed by atoms with Crippen LogP contribution in [0.15, 0.2) is 12.1 Å². The van der Waals surface area contributed by atoms with Crippen LogP contribution >= 0.6 is 11.3 Å². The van der Waals surface area contributed by atoms with Crippen molar-refractivity contribution in [3.05, 3.63) is 17.0 Å². The molecule has 0 bridgehead atoms. The molecule has 6 nitrogen and oxygen atoms in total. The zero-order valence-corrected chi connectivity index (χ0v) is 18.1. The summed E-state index contributed by atoms with van der Waals surface area (Å²) in [4.78, 5) is 15.1. The van der Waals surface area contributed by atoms with Gasteiger partial charge in [-0.3, -0.25) is 0 Å². The van der Waals surface area contributed by atoms with Crippen LogP contribution in [0.4, 0.5) is 4.79 Å². The smallest absolute Gasteiger partial charge is 0.444 e. The molecule has 3 heterocycles. The van der Waals surface area contributed by atoms with E-state index in [1.807, 2.05) is 60.6 Å². The van der Waals surface area contributed by atoms with Gasteiger partial charge in [0.05, 0.1) is 24.4 Å². The number of thiophene rings is 1. The number of ether oxygens (including phenoxy) is 2. The molecular weight excluding hydrogens is 365 g/mol. The first kappa shape index (κ1) is 20.6. The van der Waals surface area contributed by atoms with Crippen LogP contribution in [0.25, 0.3) is 0 Å². The van der Waals surface area contributed by atoms with Crippen LogP contribution < -0.4 is 4.78 Å². The van der Waals surface area contributed by atoms with E-state index in [2.05, 4.69) is 0 Å². The first-order valence-electron chi connectivity index (χ1n) is 9.43. The Labute approximate surface area is 166 Å². The van der Waals surface area contributed by atoms with Gasteiger partial charge in [-0.2, -0.15) is 0 Å². The van der Waals surface area contributed by atoms with Crippen LogP contribution in [0.3, 0.4) is 0 Å². The normalized spacial score (nSPS) is 24.9. The highest BCUT2D eigenvalue weighted by Crippen LogP contribution is 2.37. The number of morpholine rings is 1. The monoisotopic (exact) mass is 395 g/mol. The van der Waals surface area contributed by atoms with Gasteiger partial charge in [0.2, 0.25) is 0 Å². The Morgan fingerprint density at radius 2 is 1.85 bits per heavy atom. The Kier molecular flexibility index (Phi) is 5.40. The van der Waals surface area contributed by atoms with E-state index in [9.17, 15) is 4.79 Å². The van der Waals surface area contributed by atoms with Gasteiger partial charge in [-0.05, 0) is 54.5 Å². The highest BCUT2D eigenvalue weighted by Gasteiger charge is 2.52. The molecule has 1 atom stereocenters. The molecule has 1 unspecified atom stereocenters. The average Bonchev–Trinajstić information content (AvgIpc) is 3.09. The molecule has 150 valence electrons. The fraction of sp³-hybridized carbons (Fsp3) is 0.737.